The number of para-hydroxylation sites is 1. The first kappa shape index (κ1) is 21.9. The Morgan fingerprint density at radius 1 is 1.06 bits per heavy atom. The van der Waals surface area contributed by atoms with E-state index in [2.05, 4.69) is 0 Å². The fraction of sp³-hybridized carbons (Fsp3) is 0.261. The molecule has 0 radical (unpaired) electrons. The number of esters is 1. The first-order valence-corrected chi connectivity index (χ1v) is 9.44. The summed E-state index contributed by atoms with van der Waals surface area (Å²) in [6, 6.07) is 9.86. The van der Waals surface area contributed by atoms with Crippen LogP contribution in [0.25, 0.3) is 11.0 Å². The van der Waals surface area contributed by atoms with Crippen LogP contribution >= 0.6 is 0 Å². The van der Waals surface area contributed by atoms with Crippen LogP contribution in [0, 0.1) is 6.92 Å². The van der Waals surface area contributed by atoms with Crippen molar-refractivity contribution in [3.05, 3.63) is 63.5 Å². The van der Waals surface area contributed by atoms with Crippen molar-refractivity contribution in [1.82, 2.24) is 0 Å². The number of amides is 1. The van der Waals surface area contributed by atoms with E-state index in [1.807, 2.05) is 0 Å². The van der Waals surface area contributed by atoms with E-state index in [4.69, 9.17) is 18.6 Å². The number of methoxy groups -OCH3 is 3. The van der Waals surface area contributed by atoms with E-state index in [1.54, 1.807) is 43.3 Å². The number of aryl methyl sites for hydroxylation is 1. The zero-order chi connectivity index (χ0) is 22.7. The third-order valence-corrected chi connectivity index (χ3v) is 5.14. The first-order chi connectivity index (χ1) is 14.8. The van der Waals surface area contributed by atoms with Gasteiger partial charge in [-0.25, -0.2) is 9.59 Å². The van der Waals surface area contributed by atoms with Crippen LogP contribution in [-0.4, -0.2) is 40.3 Å². The molecule has 0 aliphatic heterocycles. The van der Waals surface area contributed by atoms with E-state index in [0.717, 1.165) is 0 Å². The van der Waals surface area contributed by atoms with Gasteiger partial charge in [0, 0.05) is 19.2 Å². The van der Waals surface area contributed by atoms with Crippen molar-refractivity contribution >= 4 is 28.5 Å². The summed E-state index contributed by atoms with van der Waals surface area (Å²) in [6.07, 6.45) is -0.217. The second kappa shape index (κ2) is 8.91. The molecule has 0 spiro atoms. The lowest BCUT2D eigenvalue weighted by molar-refractivity contribution is -0.117. The summed E-state index contributed by atoms with van der Waals surface area (Å²) in [5.41, 5.74) is 1.10. The maximum absolute atomic E-state index is 13.0. The number of hydrogen-bond acceptors (Lipinski definition) is 7. The van der Waals surface area contributed by atoms with Gasteiger partial charge < -0.3 is 23.5 Å². The molecular formula is C23H23NO7. The van der Waals surface area contributed by atoms with Gasteiger partial charge in [0.1, 0.15) is 17.1 Å². The third kappa shape index (κ3) is 4.09. The SMILES string of the molecule is COC(=O)c1ccccc1N(C)C(=O)Cc1c(C)c2c(OC)cc(OC)cc2oc1=O. The zero-order valence-corrected chi connectivity index (χ0v) is 18.0. The molecule has 1 aromatic heterocycles. The molecule has 0 atom stereocenters. The predicted octanol–water partition coefficient (Wildman–Crippen LogP) is 3.11. The Balaban J connectivity index is 2.03. The molecule has 0 bridgehead atoms. The van der Waals surface area contributed by atoms with Crippen LogP contribution < -0.4 is 20.0 Å². The lowest BCUT2D eigenvalue weighted by atomic mass is 10.0. The molecule has 0 aliphatic carbocycles. The summed E-state index contributed by atoms with van der Waals surface area (Å²) < 4.78 is 20.9. The summed E-state index contributed by atoms with van der Waals surface area (Å²) in [5.74, 6) is -0.00233. The molecule has 8 heteroatoms. The van der Waals surface area contributed by atoms with Gasteiger partial charge >= 0.3 is 11.6 Å². The Hall–Kier alpha value is -3.81. The van der Waals surface area contributed by atoms with Crippen LogP contribution in [-0.2, 0) is 16.0 Å². The molecule has 1 amide bonds. The summed E-state index contributed by atoms with van der Waals surface area (Å²) in [7, 11) is 5.81. The molecule has 2 aromatic carbocycles. The van der Waals surface area contributed by atoms with Gasteiger partial charge in [0.2, 0.25) is 5.91 Å². The van der Waals surface area contributed by atoms with Gasteiger partial charge in [-0.1, -0.05) is 12.1 Å². The number of benzene rings is 2. The van der Waals surface area contributed by atoms with Gasteiger partial charge in [0.15, 0.2) is 0 Å². The zero-order valence-electron chi connectivity index (χ0n) is 18.0. The maximum atomic E-state index is 13.0. The molecule has 0 fully saturated rings. The van der Waals surface area contributed by atoms with Crippen molar-refractivity contribution in [3.8, 4) is 11.5 Å². The highest BCUT2D eigenvalue weighted by Crippen LogP contribution is 2.34. The second-order valence-electron chi connectivity index (χ2n) is 6.83. The molecule has 162 valence electrons. The first-order valence-electron chi connectivity index (χ1n) is 9.44. The lowest BCUT2D eigenvalue weighted by Crippen LogP contribution is -2.31. The van der Waals surface area contributed by atoms with E-state index in [9.17, 15) is 14.4 Å². The number of likely N-dealkylation sites (N-methyl/N-ethyl adjacent to an activating group) is 1. The van der Waals surface area contributed by atoms with E-state index < -0.39 is 17.5 Å². The number of anilines is 1. The summed E-state index contributed by atoms with van der Waals surface area (Å²) in [5, 5.41) is 0.586. The van der Waals surface area contributed by atoms with Gasteiger partial charge in [-0.3, -0.25) is 4.79 Å². The van der Waals surface area contributed by atoms with Gasteiger partial charge in [-0.05, 0) is 24.6 Å². The number of fused-ring (bicyclic) bond motifs is 1. The average Bonchev–Trinajstić information content (AvgIpc) is 2.79. The largest absolute Gasteiger partial charge is 0.496 e. The van der Waals surface area contributed by atoms with Crippen LogP contribution in [0.15, 0.2) is 45.6 Å². The third-order valence-electron chi connectivity index (χ3n) is 5.14. The van der Waals surface area contributed by atoms with Gasteiger partial charge in [0.25, 0.3) is 0 Å². The molecule has 0 N–H and O–H groups in total. The van der Waals surface area contributed by atoms with Gasteiger partial charge in [-0.15, -0.1) is 0 Å². The average molecular weight is 425 g/mol. The quantitative estimate of drug-likeness (QED) is 0.442. The molecule has 3 rings (SSSR count). The van der Waals surface area contributed by atoms with Crippen molar-refractivity contribution < 1.29 is 28.2 Å². The standard InChI is InChI=1S/C23H23NO7/c1-13-16(23(27)31-19-11-14(28-3)10-18(29-4)21(13)19)12-20(25)24(2)17-9-7-6-8-15(17)22(26)30-5/h6-11H,12H2,1-5H3. The predicted molar refractivity (Wildman–Crippen MR) is 115 cm³/mol. The highest BCUT2D eigenvalue weighted by molar-refractivity contribution is 6.03. The highest BCUT2D eigenvalue weighted by Gasteiger charge is 2.23. The number of hydrogen-bond donors (Lipinski definition) is 0. The molecule has 0 saturated carbocycles. The van der Waals surface area contributed by atoms with Crippen LogP contribution in [0.4, 0.5) is 5.69 Å². The number of carbonyl (C=O) groups excluding carboxylic acids is 2. The van der Waals surface area contributed by atoms with Gasteiger partial charge in [0.05, 0.1) is 50.0 Å². The van der Waals surface area contributed by atoms with Crippen LogP contribution in [0.5, 0.6) is 11.5 Å². The molecular weight excluding hydrogens is 402 g/mol. The topological polar surface area (TPSA) is 95.3 Å². The molecule has 31 heavy (non-hydrogen) atoms. The summed E-state index contributed by atoms with van der Waals surface area (Å²) in [6.45, 7) is 1.74. The Morgan fingerprint density at radius 2 is 1.77 bits per heavy atom. The Bertz CT molecular complexity index is 1210. The minimum absolute atomic E-state index is 0.211. The maximum Gasteiger partial charge on any atom is 0.340 e. The van der Waals surface area contributed by atoms with E-state index in [-0.39, 0.29) is 17.5 Å². The Morgan fingerprint density at radius 3 is 2.42 bits per heavy atom. The number of carbonyl (C=O) groups is 2. The molecule has 0 unspecified atom stereocenters. The normalized spacial score (nSPS) is 10.6. The fourth-order valence-corrected chi connectivity index (χ4v) is 3.42. The smallest absolute Gasteiger partial charge is 0.340 e. The van der Waals surface area contributed by atoms with Crippen LogP contribution in [0.1, 0.15) is 21.5 Å². The molecule has 1 heterocycles. The van der Waals surface area contributed by atoms with Crippen molar-refractivity contribution in [2.45, 2.75) is 13.3 Å². The Labute approximate surface area is 178 Å². The van der Waals surface area contributed by atoms with E-state index >= 15 is 0 Å². The van der Waals surface area contributed by atoms with E-state index in [1.165, 1.54) is 33.3 Å². The molecule has 8 nitrogen and oxygen atoms in total. The number of ether oxygens (including phenoxy) is 3. The summed E-state index contributed by atoms with van der Waals surface area (Å²) >= 11 is 0. The van der Waals surface area contributed by atoms with Crippen molar-refractivity contribution in [2.75, 3.05) is 33.3 Å². The minimum Gasteiger partial charge on any atom is -0.496 e. The van der Waals surface area contributed by atoms with Crippen LogP contribution in [0.2, 0.25) is 0 Å². The Kier molecular flexibility index (Phi) is 6.29. The molecule has 0 aliphatic rings. The summed E-state index contributed by atoms with van der Waals surface area (Å²) in [4.78, 5) is 39.1. The van der Waals surface area contributed by atoms with Crippen LogP contribution in [0.3, 0.4) is 0 Å². The van der Waals surface area contributed by atoms with Crippen molar-refractivity contribution in [3.63, 3.8) is 0 Å². The highest BCUT2D eigenvalue weighted by atomic mass is 16.5. The minimum atomic E-state index is -0.622. The molecule has 3 aromatic rings. The number of nitrogens with zero attached hydrogens (tertiary/aromatic N) is 1. The molecule has 0 saturated heterocycles. The number of rotatable bonds is 6. The van der Waals surface area contributed by atoms with Crippen molar-refractivity contribution in [2.24, 2.45) is 0 Å². The van der Waals surface area contributed by atoms with Gasteiger partial charge in [-0.2, -0.15) is 0 Å². The van der Waals surface area contributed by atoms with Crippen molar-refractivity contribution in [1.29, 1.82) is 0 Å². The lowest BCUT2D eigenvalue weighted by Gasteiger charge is -2.20. The fourth-order valence-electron chi connectivity index (χ4n) is 3.42. The monoisotopic (exact) mass is 425 g/mol. The van der Waals surface area contributed by atoms with E-state index in [0.29, 0.717) is 33.7 Å². The second-order valence-corrected chi connectivity index (χ2v) is 6.83.